The Hall–Kier alpha value is -3.65. The van der Waals surface area contributed by atoms with Crippen molar-refractivity contribution in [1.82, 2.24) is 9.21 Å². The first-order valence-electron chi connectivity index (χ1n) is 14.5. The van der Waals surface area contributed by atoms with E-state index in [2.05, 4.69) is 82.8 Å². The van der Waals surface area contributed by atoms with Crippen LogP contribution in [0.1, 0.15) is 34.2 Å². The molecule has 3 aliphatic heterocycles. The molecule has 0 radical (unpaired) electrons. The summed E-state index contributed by atoms with van der Waals surface area (Å²) in [5, 5.41) is 3.54. The molecule has 4 aromatic rings. The Balaban J connectivity index is 1.24. The lowest BCUT2D eigenvalue weighted by atomic mass is 9.87. The number of likely N-dealkylation sites (N-methyl/N-ethyl adjacent to an activating group) is 1. The van der Waals surface area contributed by atoms with E-state index in [1.807, 2.05) is 36.4 Å². The molecule has 6 nitrogen and oxygen atoms in total. The van der Waals surface area contributed by atoms with Crippen molar-refractivity contribution in [2.24, 2.45) is 0 Å². The molecule has 7 rings (SSSR count). The first-order valence-corrected chi connectivity index (χ1v) is 16.1. The van der Waals surface area contributed by atoms with E-state index in [0.29, 0.717) is 13.1 Å². The first kappa shape index (κ1) is 26.3. The molecule has 0 aliphatic carbocycles. The minimum atomic E-state index is -3.57. The second-order valence-electron chi connectivity index (χ2n) is 11.6. The Labute approximate surface area is 243 Å². The molecule has 7 heteroatoms. The fraction of sp³-hybridized carbons (Fsp3) is 0.294. The largest absolute Gasteiger partial charge is 0.384 e. The maximum atomic E-state index is 14.0. The van der Waals surface area contributed by atoms with Crippen LogP contribution in [0.4, 0.5) is 11.4 Å². The van der Waals surface area contributed by atoms with Gasteiger partial charge in [0.05, 0.1) is 11.8 Å². The highest BCUT2D eigenvalue weighted by Crippen LogP contribution is 2.49. The van der Waals surface area contributed by atoms with Crippen molar-refractivity contribution in [3.63, 3.8) is 0 Å². The van der Waals surface area contributed by atoms with Gasteiger partial charge in [0.2, 0.25) is 10.0 Å². The zero-order valence-electron chi connectivity index (χ0n) is 23.4. The predicted octanol–water partition coefficient (Wildman–Crippen LogP) is 5.70. The van der Waals surface area contributed by atoms with Crippen LogP contribution < -0.4 is 10.2 Å². The molecule has 0 bridgehead atoms. The van der Waals surface area contributed by atoms with Crippen LogP contribution in [0, 0.1) is 0 Å². The standard InChI is InChI=1S/C34H36N4O2S/c1-36-17-19-37(20-18-36)29-15-13-26(14-16-29)27-11-12-28-23-38(41(39,40)24-25-7-3-2-4-8-25)34(31(28)21-27)32-22-35-33-10-6-5-9-30(32)33/h2-16,21,32,34-35H,17-20,22-24H2,1H3/t32?,34-/m1/s1. The average molecular weight is 565 g/mol. The Morgan fingerprint density at radius 3 is 2.27 bits per heavy atom. The summed E-state index contributed by atoms with van der Waals surface area (Å²) in [6, 6.07) is 32.9. The summed E-state index contributed by atoms with van der Waals surface area (Å²) in [4.78, 5) is 4.82. The lowest BCUT2D eigenvalue weighted by Gasteiger charge is -2.34. The van der Waals surface area contributed by atoms with Gasteiger partial charge < -0.3 is 15.1 Å². The van der Waals surface area contributed by atoms with Crippen LogP contribution in [-0.2, 0) is 22.3 Å². The van der Waals surface area contributed by atoms with E-state index in [4.69, 9.17) is 0 Å². The van der Waals surface area contributed by atoms with Crippen LogP contribution in [0.3, 0.4) is 0 Å². The van der Waals surface area contributed by atoms with Crippen molar-refractivity contribution >= 4 is 21.4 Å². The predicted molar refractivity (Wildman–Crippen MR) is 167 cm³/mol. The van der Waals surface area contributed by atoms with E-state index in [1.54, 1.807) is 4.31 Å². The number of fused-ring (bicyclic) bond motifs is 2. The molecule has 0 spiro atoms. The second kappa shape index (κ2) is 10.6. The van der Waals surface area contributed by atoms with Crippen LogP contribution in [0.15, 0.2) is 97.1 Å². The van der Waals surface area contributed by atoms with Gasteiger partial charge in [0, 0.05) is 56.6 Å². The molecule has 3 heterocycles. The minimum Gasteiger partial charge on any atom is -0.384 e. The van der Waals surface area contributed by atoms with Crippen molar-refractivity contribution in [3.8, 4) is 11.1 Å². The highest BCUT2D eigenvalue weighted by Gasteiger charge is 2.44. The number of rotatable bonds is 6. The van der Waals surface area contributed by atoms with Gasteiger partial charge in [-0.3, -0.25) is 0 Å². The quantitative estimate of drug-likeness (QED) is 0.326. The zero-order valence-corrected chi connectivity index (χ0v) is 24.2. The second-order valence-corrected chi connectivity index (χ2v) is 13.5. The molecule has 3 aliphatic rings. The Morgan fingerprint density at radius 1 is 0.780 bits per heavy atom. The summed E-state index contributed by atoms with van der Waals surface area (Å²) in [6.45, 7) is 5.36. The van der Waals surface area contributed by atoms with E-state index in [9.17, 15) is 8.42 Å². The van der Waals surface area contributed by atoms with Gasteiger partial charge in [0.25, 0.3) is 0 Å². The summed E-state index contributed by atoms with van der Waals surface area (Å²) >= 11 is 0. The maximum absolute atomic E-state index is 14.0. The Bertz CT molecular complexity index is 1650. The number of sulfonamides is 1. The van der Waals surface area contributed by atoms with Crippen molar-refractivity contribution in [2.75, 3.05) is 50.0 Å². The number of anilines is 2. The van der Waals surface area contributed by atoms with Crippen molar-refractivity contribution in [3.05, 3.63) is 119 Å². The van der Waals surface area contributed by atoms with Gasteiger partial charge in [0.15, 0.2) is 0 Å². The van der Waals surface area contributed by atoms with Gasteiger partial charge in [0.1, 0.15) is 0 Å². The third-order valence-electron chi connectivity index (χ3n) is 8.97. The van der Waals surface area contributed by atoms with Gasteiger partial charge in [-0.25, -0.2) is 8.42 Å². The van der Waals surface area contributed by atoms with Crippen LogP contribution in [-0.4, -0.2) is 57.4 Å². The summed E-state index contributed by atoms with van der Waals surface area (Å²) in [5.74, 6) is 0.0358. The number of benzene rings is 4. The number of para-hydroxylation sites is 1. The van der Waals surface area contributed by atoms with Gasteiger partial charge >= 0.3 is 0 Å². The highest BCUT2D eigenvalue weighted by molar-refractivity contribution is 7.88. The van der Waals surface area contributed by atoms with Gasteiger partial charge in [-0.2, -0.15) is 4.31 Å². The van der Waals surface area contributed by atoms with E-state index in [-0.39, 0.29) is 17.7 Å². The topological polar surface area (TPSA) is 55.9 Å². The molecule has 0 aromatic heterocycles. The molecule has 2 atom stereocenters. The number of hydrogen-bond donors (Lipinski definition) is 1. The highest BCUT2D eigenvalue weighted by atomic mass is 32.2. The Morgan fingerprint density at radius 2 is 1.49 bits per heavy atom. The number of piperazine rings is 1. The lowest BCUT2D eigenvalue weighted by molar-refractivity contribution is 0.313. The molecular weight excluding hydrogens is 528 g/mol. The summed E-state index contributed by atoms with van der Waals surface area (Å²) in [7, 11) is -1.40. The molecular formula is C34H36N4O2S. The third-order valence-corrected chi connectivity index (χ3v) is 10.7. The molecule has 4 aromatic carbocycles. The molecule has 1 fully saturated rings. The fourth-order valence-corrected chi connectivity index (χ4v) is 8.42. The van der Waals surface area contributed by atoms with Gasteiger partial charge in [-0.15, -0.1) is 0 Å². The average Bonchev–Trinajstić information content (AvgIpc) is 3.59. The van der Waals surface area contributed by atoms with Gasteiger partial charge in [-0.1, -0.05) is 72.8 Å². The lowest BCUT2D eigenvalue weighted by Crippen LogP contribution is -2.44. The molecule has 1 saturated heterocycles. The van der Waals surface area contributed by atoms with Crippen molar-refractivity contribution in [1.29, 1.82) is 0 Å². The molecule has 1 unspecified atom stereocenters. The molecule has 0 amide bonds. The van der Waals surface area contributed by atoms with E-state index < -0.39 is 10.0 Å². The van der Waals surface area contributed by atoms with Crippen LogP contribution in [0.2, 0.25) is 0 Å². The molecule has 1 N–H and O–H groups in total. The zero-order chi connectivity index (χ0) is 28.0. The number of nitrogens with zero attached hydrogens (tertiary/aromatic N) is 3. The maximum Gasteiger partial charge on any atom is 0.219 e. The molecule has 0 saturated carbocycles. The Kier molecular flexibility index (Phi) is 6.81. The smallest absolute Gasteiger partial charge is 0.219 e. The SMILES string of the molecule is CN1CCN(c2ccc(-c3ccc4c(c3)[C@H](C3CNc5ccccc53)N(S(=O)(=O)Cc3ccccc3)C4)cc2)CC1. The molecule has 41 heavy (non-hydrogen) atoms. The molecule has 210 valence electrons. The minimum absolute atomic E-state index is 0.000729. The number of hydrogen-bond acceptors (Lipinski definition) is 5. The van der Waals surface area contributed by atoms with E-state index >= 15 is 0 Å². The van der Waals surface area contributed by atoms with Crippen LogP contribution in [0.5, 0.6) is 0 Å². The van der Waals surface area contributed by atoms with Crippen molar-refractivity contribution in [2.45, 2.75) is 24.3 Å². The van der Waals surface area contributed by atoms with Crippen LogP contribution >= 0.6 is 0 Å². The summed E-state index contributed by atoms with van der Waals surface area (Å²) in [6.07, 6.45) is 0. The van der Waals surface area contributed by atoms with E-state index in [0.717, 1.165) is 59.7 Å². The summed E-state index contributed by atoms with van der Waals surface area (Å²) < 4.78 is 29.8. The van der Waals surface area contributed by atoms with Crippen molar-refractivity contribution < 1.29 is 8.42 Å². The first-order chi connectivity index (χ1) is 20.0. The normalized spacial score (nSPS) is 21.0. The van der Waals surface area contributed by atoms with Crippen LogP contribution in [0.25, 0.3) is 11.1 Å². The summed E-state index contributed by atoms with van der Waals surface area (Å²) in [5.41, 5.74) is 8.84. The fourth-order valence-electron chi connectivity index (χ4n) is 6.69. The number of nitrogens with one attached hydrogen (secondary N) is 1. The van der Waals surface area contributed by atoms with E-state index in [1.165, 1.54) is 11.3 Å². The third kappa shape index (κ3) is 5.03. The monoisotopic (exact) mass is 564 g/mol. The van der Waals surface area contributed by atoms with Gasteiger partial charge in [-0.05, 0) is 64.7 Å².